The van der Waals surface area contributed by atoms with Crippen molar-refractivity contribution >= 4 is 17.2 Å². The van der Waals surface area contributed by atoms with Crippen molar-refractivity contribution in [2.75, 3.05) is 19.6 Å². The highest BCUT2D eigenvalue weighted by Gasteiger charge is 2.30. The Kier molecular flexibility index (Phi) is 7.43. The van der Waals surface area contributed by atoms with Crippen LogP contribution in [0.1, 0.15) is 54.9 Å². The topological polar surface area (TPSA) is 75.9 Å². The summed E-state index contributed by atoms with van der Waals surface area (Å²) in [5.41, 5.74) is 1.74. The molecule has 31 heavy (non-hydrogen) atoms. The van der Waals surface area contributed by atoms with Crippen molar-refractivity contribution in [2.24, 2.45) is 0 Å². The molecule has 1 saturated heterocycles. The van der Waals surface area contributed by atoms with Crippen molar-refractivity contribution < 1.29 is 4.79 Å². The molecule has 0 aliphatic carbocycles. The van der Waals surface area contributed by atoms with Crippen LogP contribution in [0.25, 0.3) is 5.95 Å². The normalized spacial score (nSPS) is 15.6. The second-order valence-corrected chi connectivity index (χ2v) is 8.96. The zero-order valence-corrected chi connectivity index (χ0v) is 18.9. The van der Waals surface area contributed by atoms with Gasteiger partial charge in [0.15, 0.2) is 0 Å². The van der Waals surface area contributed by atoms with Crippen molar-refractivity contribution in [3.8, 4) is 5.95 Å². The molecule has 1 aliphatic heterocycles. The highest BCUT2D eigenvalue weighted by molar-refractivity contribution is 7.09. The first-order valence-corrected chi connectivity index (χ1v) is 12.0. The Morgan fingerprint density at radius 3 is 2.81 bits per heavy atom. The van der Waals surface area contributed by atoms with Crippen LogP contribution in [0, 0.1) is 0 Å². The molecule has 7 nitrogen and oxygen atoms in total. The molecule has 8 heteroatoms. The van der Waals surface area contributed by atoms with Gasteiger partial charge in [-0.2, -0.15) is 0 Å². The van der Waals surface area contributed by atoms with E-state index in [9.17, 15) is 4.79 Å². The number of amides is 1. The average Bonchev–Trinajstić information content (AvgIpc) is 3.49. The van der Waals surface area contributed by atoms with Crippen molar-refractivity contribution in [3.63, 3.8) is 0 Å². The number of piperidine rings is 1. The molecule has 1 unspecified atom stereocenters. The smallest absolute Gasteiger partial charge is 0.243 e. The molecule has 1 amide bonds. The monoisotopic (exact) mass is 438 g/mol. The number of nitrogens with one attached hydrogen (secondary N) is 1. The molecule has 0 radical (unpaired) electrons. The van der Waals surface area contributed by atoms with E-state index in [0.29, 0.717) is 12.5 Å². The zero-order valence-electron chi connectivity index (χ0n) is 18.0. The summed E-state index contributed by atoms with van der Waals surface area (Å²) in [6.07, 6.45) is 11.4. The summed E-state index contributed by atoms with van der Waals surface area (Å²) < 4.78 is 1.81. The maximum atomic E-state index is 13.4. The van der Waals surface area contributed by atoms with E-state index >= 15 is 0 Å². The van der Waals surface area contributed by atoms with Gasteiger partial charge in [-0.25, -0.2) is 15.0 Å². The number of likely N-dealkylation sites (tertiary alicyclic amines) is 1. The van der Waals surface area contributed by atoms with E-state index in [2.05, 4.69) is 33.6 Å². The summed E-state index contributed by atoms with van der Waals surface area (Å²) in [5.74, 6) is 0.600. The van der Waals surface area contributed by atoms with Gasteiger partial charge in [0.1, 0.15) is 12.4 Å². The molecule has 3 aromatic rings. The van der Waals surface area contributed by atoms with Crippen LogP contribution >= 0.6 is 11.3 Å². The van der Waals surface area contributed by atoms with Gasteiger partial charge in [-0.15, -0.1) is 11.3 Å². The van der Waals surface area contributed by atoms with E-state index in [-0.39, 0.29) is 5.91 Å². The van der Waals surface area contributed by atoms with Crippen LogP contribution in [0.3, 0.4) is 0 Å². The summed E-state index contributed by atoms with van der Waals surface area (Å²) in [7, 11) is 0. The number of aryl methyl sites for hydroxylation is 1. The Bertz CT molecular complexity index is 951. The van der Waals surface area contributed by atoms with Gasteiger partial charge in [0, 0.05) is 29.5 Å². The third kappa shape index (κ3) is 5.57. The van der Waals surface area contributed by atoms with Gasteiger partial charge in [0.2, 0.25) is 11.9 Å². The first-order valence-electron chi connectivity index (χ1n) is 11.1. The number of imidazole rings is 1. The lowest BCUT2D eigenvalue weighted by atomic mass is 10.0. The minimum atomic E-state index is -0.399. The first kappa shape index (κ1) is 21.6. The number of nitrogens with zero attached hydrogens (tertiary/aromatic N) is 5. The third-order valence-corrected chi connectivity index (χ3v) is 6.50. The molecule has 0 aromatic carbocycles. The number of carbonyl (C=O) groups is 1. The molecular weight excluding hydrogens is 408 g/mol. The zero-order chi connectivity index (χ0) is 21.5. The number of hydrogen-bond donors (Lipinski definition) is 1. The standard InChI is InChI=1S/C23H30N6OS/c1-2-7-18-16-20(27-23(26-18)29-14-11-24-17-29)21(28-12-4-3-5-13-28)22(30)25-10-9-19-8-6-15-31-19/h6,8,11,14-17,21H,2-5,7,9-10,12-13H2,1H3,(H,25,30). The van der Waals surface area contributed by atoms with Gasteiger partial charge in [-0.05, 0) is 56.3 Å². The van der Waals surface area contributed by atoms with E-state index in [1.165, 1.54) is 11.3 Å². The summed E-state index contributed by atoms with van der Waals surface area (Å²) in [6, 6.07) is 5.77. The summed E-state index contributed by atoms with van der Waals surface area (Å²) >= 11 is 1.72. The van der Waals surface area contributed by atoms with Crippen molar-refractivity contribution in [1.82, 2.24) is 29.7 Å². The quantitative estimate of drug-likeness (QED) is 0.553. The molecule has 1 aliphatic rings. The van der Waals surface area contributed by atoms with Crippen LogP contribution in [0.4, 0.5) is 0 Å². The van der Waals surface area contributed by atoms with Gasteiger partial charge < -0.3 is 5.32 Å². The molecule has 4 rings (SSSR count). The molecule has 1 fully saturated rings. The molecule has 164 valence electrons. The maximum absolute atomic E-state index is 13.4. The number of thiophene rings is 1. The van der Waals surface area contributed by atoms with Crippen LogP contribution in [0.15, 0.2) is 42.3 Å². The maximum Gasteiger partial charge on any atom is 0.243 e. The van der Waals surface area contributed by atoms with Crippen molar-refractivity contribution in [1.29, 1.82) is 0 Å². The van der Waals surface area contributed by atoms with Crippen LogP contribution < -0.4 is 5.32 Å². The van der Waals surface area contributed by atoms with Crippen molar-refractivity contribution in [2.45, 2.75) is 51.5 Å². The molecule has 0 spiro atoms. The Hall–Kier alpha value is -2.58. The number of aromatic nitrogens is 4. The first-order chi connectivity index (χ1) is 15.2. The molecular formula is C23H30N6OS. The molecule has 0 saturated carbocycles. The largest absolute Gasteiger partial charge is 0.354 e. The summed E-state index contributed by atoms with van der Waals surface area (Å²) in [6.45, 7) is 4.59. The van der Waals surface area contributed by atoms with E-state index < -0.39 is 6.04 Å². The third-order valence-electron chi connectivity index (χ3n) is 5.56. The lowest BCUT2D eigenvalue weighted by Crippen LogP contribution is -2.44. The van der Waals surface area contributed by atoms with Crippen LogP contribution in [-0.4, -0.2) is 50.0 Å². The fraction of sp³-hybridized carbons (Fsp3) is 0.478. The summed E-state index contributed by atoms with van der Waals surface area (Å²) in [4.78, 5) is 30.6. The SMILES string of the molecule is CCCc1cc(C(C(=O)NCCc2cccs2)N2CCCCC2)nc(-n2ccnc2)n1. The molecule has 0 bridgehead atoms. The van der Waals surface area contributed by atoms with E-state index in [0.717, 1.165) is 56.6 Å². The molecule has 1 N–H and O–H groups in total. The molecule has 4 heterocycles. The van der Waals surface area contributed by atoms with Gasteiger partial charge in [0.25, 0.3) is 0 Å². The summed E-state index contributed by atoms with van der Waals surface area (Å²) in [5, 5.41) is 5.24. The molecule has 3 aromatic heterocycles. The Morgan fingerprint density at radius 1 is 1.23 bits per heavy atom. The predicted molar refractivity (Wildman–Crippen MR) is 122 cm³/mol. The molecule has 1 atom stereocenters. The van der Waals surface area contributed by atoms with Gasteiger partial charge in [0.05, 0.1) is 5.69 Å². The fourth-order valence-electron chi connectivity index (χ4n) is 4.05. The minimum absolute atomic E-state index is 0.0242. The lowest BCUT2D eigenvalue weighted by molar-refractivity contribution is -0.127. The van der Waals surface area contributed by atoms with E-state index in [1.54, 1.807) is 23.9 Å². The van der Waals surface area contributed by atoms with Crippen LogP contribution in [0.2, 0.25) is 0 Å². The average molecular weight is 439 g/mol. The second kappa shape index (κ2) is 10.6. The Labute approximate surface area is 187 Å². The fourth-order valence-corrected chi connectivity index (χ4v) is 4.75. The van der Waals surface area contributed by atoms with Crippen molar-refractivity contribution in [3.05, 3.63) is 58.6 Å². The van der Waals surface area contributed by atoms with E-state index in [1.807, 2.05) is 22.9 Å². The Morgan fingerprint density at radius 2 is 2.10 bits per heavy atom. The van der Waals surface area contributed by atoms with E-state index in [4.69, 9.17) is 9.97 Å². The number of carbonyl (C=O) groups excluding carboxylic acids is 1. The predicted octanol–water partition coefficient (Wildman–Crippen LogP) is 3.56. The highest BCUT2D eigenvalue weighted by atomic mass is 32.1. The van der Waals surface area contributed by atoms with Crippen LogP contribution in [-0.2, 0) is 17.6 Å². The van der Waals surface area contributed by atoms with Crippen LogP contribution in [0.5, 0.6) is 0 Å². The van der Waals surface area contributed by atoms with Gasteiger partial charge >= 0.3 is 0 Å². The number of rotatable bonds is 9. The lowest BCUT2D eigenvalue weighted by Gasteiger charge is -2.33. The highest BCUT2D eigenvalue weighted by Crippen LogP contribution is 2.25. The minimum Gasteiger partial charge on any atom is -0.354 e. The van der Waals surface area contributed by atoms with Gasteiger partial charge in [-0.1, -0.05) is 25.8 Å². The Balaban J connectivity index is 1.61. The number of hydrogen-bond acceptors (Lipinski definition) is 6. The van der Waals surface area contributed by atoms with Gasteiger partial charge in [-0.3, -0.25) is 14.3 Å². The second-order valence-electron chi connectivity index (χ2n) is 7.92.